The standard InChI is InChI=1S/C17H15BrN2O/c18-14-7-3-1-6-13(14)17-16-12(9-10-20(17)21)11-5-2-4-8-15(11)19-16/h1-8,17,19,21H,9-10H2. The Morgan fingerprint density at radius 3 is 2.71 bits per heavy atom. The van der Waals surface area contributed by atoms with Crippen molar-refractivity contribution in [3.8, 4) is 0 Å². The summed E-state index contributed by atoms with van der Waals surface area (Å²) < 4.78 is 1.01. The highest BCUT2D eigenvalue weighted by Gasteiger charge is 2.31. The number of nitrogens with zero attached hydrogens (tertiary/aromatic N) is 1. The average Bonchev–Trinajstić information content (AvgIpc) is 2.87. The Morgan fingerprint density at radius 2 is 1.86 bits per heavy atom. The molecule has 106 valence electrons. The lowest BCUT2D eigenvalue weighted by atomic mass is 9.94. The molecule has 4 rings (SSSR count). The molecule has 1 aromatic heterocycles. The van der Waals surface area contributed by atoms with Crippen molar-refractivity contribution in [1.29, 1.82) is 0 Å². The van der Waals surface area contributed by atoms with E-state index in [0.717, 1.165) is 27.7 Å². The summed E-state index contributed by atoms with van der Waals surface area (Å²) in [5.74, 6) is 0. The third-order valence-electron chi connectivity index (χ3n) is 4.21. The Hall–Kier alpha value is -1.62. The van der Waals surface area contributed by atoms with Gasteiger partial charge in [0.25, 0.3) is 0 Å². The number of fused-ring (bicyclic) bond motifs is 3. The number of aromatic nitrogens is 1. The number of hydrogen-bond acceptors (Lipinski definition) is 2. The maximum atomic E-state index is 10.4. The van der Waals surface area contributed by atoms with Crippen molar-refractivity contribution >= 4 is 26.8 Å². The molecule has 0 radical (unpaired) electrons. The molecule has 1 unspecified atom stereocenters. The van der Waals surface area contributed by atoms with Gasteiger partial charge < -0.3 is 10.2 Å². The second-order valence-corrected chi connectivity index (χ2v) is 6.25. The normalized spacial score (nSPS) is 18.9. The Morgan fingerprint density at radius 1 is 1.10 bits per heavy atom. The highest BCUT2D eigenvalue weighted by Crippen LogP contribution is 2.39. The summed E-state index contributed by atoms with van der Waals surface area (Å²) in [7, 11) is 0. The molecule has 0 saturated heterocycles. The van der Waals surface area contributed by atoms with E-state index in [1.54, 1.807) is 0 Å². The van der Waals surface area contributed by atoms with Crippen molar-refractivity contribution < 1.29 is 5.21 Å². The maximum Gasteiger partial charge on any atom is 0.101 e. The van der Waals surface area contributed by atoms with Crippen LogP contribution >= 0.6 is 15.9 Å². The lowest BCUT2D eigenvalue weighted by Gasteiger charge is -2.31. The summed E-state index contributed by atoms with van der Waals surface area (Å²) in [5.41, 5.74) is 4.62. The highest BCUT2D eigenvalue weighted by molar-refractivity contribution is 9.10. The molecule has 0 saturated carbocycles. The van der Waals surface area contributed by atoms with E-state index >= 15 is 0 Å². The molecule has 0 spiro atoms. The summed E-state index contributed by atoms with van der Waals surface area (Å²) in [4.78, 5) is 3.50. The third-order valence-corrected chi connectivity index (χ3v) is 4.93. The van der Waals surface area contributed by atoms with Crippen LogP contribution in [0.25, 0.3) is 10.9 Å². The molecule has 21 heavy (non-hydrogen) atoms. The average molecular weight is 343 g/mol. The Kier molecular flexibility index (Phi) is 3.10. The lowest BCUT2D eigenvalue weighted by Crippen LogP contribution is -2.33. The molecule has 0 fully saturated rings. The molecule has 1 atom stereocenters. The quantitative estimate of drug-likeness (QED) is 0.693. The minimum atomic E-state index is -0.156. The zero-order chi connectivity index (χ0) is 14.4. The lowest BCUT2D eigenvalue weighted by molar-refractivity contribution is -0.122. The SMILES string of the molecule is ON1CCc2c([nH]c3ccccc23)C1c1ccccc1Br. The van der Waals surface area contributed by atoms with E-state index in [2.05, 4.69) is 45.2 Å². The van der Waals surface area contributed by atoms with Gasteiger partial charge in [-0.05, 0) is 29.7 Å². The fourth-order valence-corrected chi connectivity index (χ4v) is 3.74. The van der Waals surface area contributed by atoms with Crippen LogP contribution in [0.2, 0.25) is 0 Å². The van der Waals surface area contributed by atoms with Crippen molar-refractivity contribution in [3.63, 3.8) is 0 Å². The van der Waals surface area contributed by atoms with E-state index in [9.17, 15) is 5.21 Å². The van der Waals surface area contributed by atoms with Crippen LogP contribution in [0, 0.1) is 0 Å². The number of H-pyrrole nitrogens is 1. The topological polar surface area (TPSA) is 39.3 Å². The minimum Gasteiger partial charge on any atom is -0.356 e. The zero-order valence-corrected chi connectivity index (χ0v) is 13.0. The van der Waals surface area contributed by atoms with Crippen molar-refractivity contribution in [3.05, 3.63) is 69.8 Å². The van der Waals surface area contributed by atoms with Crippen LogP contribution in [-0.2, 0) is 6.42 Å². The van der Waals surface area contributed by atoms with Gasteiger partial charge in [0.05, 0.1) is 0 Å². The maximum absolute atomic E-state index is 10.4. The van der Waals surface area contributed by atoms with Gasteiger partial charge in [0.2, 0.25) is 0 Å². The van der Waals surface area contributed by atoms with Crippen molar-refractivity contribution in [1.82, 2.24) is 10.0 Å². The first-order valence-electron chi connectivity index (χ1n) is 7.05. The van der Waals surface area contributed by atoms with Crippen molar-refractivity contribution in [2.24, 2.45) is 0 Å². The van der Waals surface area contributed by atoms with Crippen LogP contribution in [0.5, 0.6) is 0 Å². The van der Waals surface area contributed by atoms with E-state index in [1.807, 2.05) is 24.3 Å². The summed E-state index contributed by atoms with van der Waals surface area (Å²) >= 11 is 3.60. The monoisotopic (exact) mass is 342 g/mol. The molecular weight excluding hydrogens is 328 g/mol. The van der Waals surface area contributed by atoms with Crippen LogP contribution in [0.1, 0.15) is 22.9 Å². The number of aromatic amines is 1. The van der Waals surface area contributed by atoms with Crippen LogP contribution in [0.4, 0.5) is 0 Å². The molecule has 0 amide bonds. The molecule has 0 aliphatic carbocycles. The molecular formula is C17H15BrN2O. The minimum absolute atomic E-state index is 0.156. The fraction of sp³-hybridized carbons (Fsp3) is 0.176. The molecule has 1 aliphatic heterocycles. The molecule has 3 nitrogen and oxygen atoms in total. The van der Waals surface area contributed by atoms with Gasteiger partial charge in [0.1, 0.15) is 6.04 Å². The summed E-state index contributed by atoms with van der Waals surface area (Å²) in [5, 5.41) is 13.1. The molecule has 1 aliphatic rings. The largest absolute Gasteiger partial charge is 0.356 e. The van der Waals surface area contributed by atoms with E-state index in [1.165, 1.54) is 16.0 Å². The zero-order valence-electron chi connectivity index (χ0n) is 11.4. The van der Waals surface area contributed by atoms with Gasteiger partial charge in [-0.3, -0.25) is 0 Å². The number of hydroxylamine groups is 2. The summed E-state index contributed by atoms with van der Waals surface area (Å²) in [6, 6.07) is 16.2. The van der Waals surface area contributed by atoms with Gasteiger partial charge in [-0.1, -0.05) is 52.3 Å². The third kappa shape index (κ3) is 2.02. The molecule has 0 bridgehead atoms. The van der Waals surface area contributed by atoms with E-state index in [-0.39, 0.29) is 6.04 Å². The fourth-order valence-electron chi connectivity index (χ4n) is 3.24. The number of hydrogen-bond donors (Lipinski definition) is 2. The van der Waals surface area contributed by atoms with Gasteiger partial charge in [-0.15, -0.1) is 0 Å². The molecule has 2 N–H and O–H groups in total. The highest BCUT2D eigenvalue weighted by atomic mass is 79.9. The second kappa shape index (κ2) is 4.98. The number of rotatable bonds is 1. The summed E-state index contributed by atoms with van der Waals surface area (Å²) in [6.45, 7) is 0.640. The smallest absolute Gasteiger partial charge is 0.101 e. The van der Waals surface area contributed by atoms with Crippen LogP contribution in [0.15, 0.2) is 53.0 Å². The summed E-state index contributed by atoms with van der Waals surface area (Å²) in [6.07, 6.45) is 0.858. The van der Waals surface area contributed by atoms with Gasteiger partial charge >= 0.3 is 0 Å². The Labute approximate surface area is 131 Å². The van der Waals surface area contributed by atoms with Gasteiger partial charge in [0.15, 0.2) is 0 Å². The van der Waals surface area contributed by atoms with Crippen LogP contribution in [0.3, 0.4) is 0 Å². The van der Waals surface area contributed by atoms with Gasteiger partial charge in [0, 0.05) is 27.6 Å². The molecule has 4 heteroatoms. The Bertz CT molecular complexity index is 811. The number of halogens is 1. The van der Waals surface area contributed by atoms with E-state index in [4.69, 9.17) is 0 Å². The number of nitrogens with one attached hydrogen (secondary N) is 1. The predicted molar refractivity (Wildman–Crippen MR) is 86.5 cm³/mol. The van der Waals surface area contributed by atoms with Crippen LogP contribution in [-0.4, -0.2) is 21.8 Å². The molecule has 2 aromatic carbocycles. The van der Waals surface area contributed by atoms with Gasteiger partial charge in [-0.2, -0.15) is 5.06 Å². The molecule has 3 aromatic rings. The first kappa shape index (κ1) is 13.1. The van der Waals surface area contributed by atoms with Crippen LogP contribution < -0.4 is 0 Å². The number of para-hydroxylation sites is 1. The van der Waals surface area contributed by atoms with Crippen molar-refractivity contribution in [2.75, 3.05) is 6.54 Å². The predicted octanol–water partition coefficient (Wildman–Crippen LogP) is 4.27. The van der Waals surface area contributed by atoms with Crippen molar-refractivity contribution in [2.45, 2.75) is 12.5 Å². The van der Waals surface area contributed by atoms with E-state index < -0.39 is 0 Å². The Balaban J connectivity index is 1.95. The van der Waals surface area contributed by atoms with E-state index in [0.29, 0.717) is 6.54 Å². The second-order valence-electron chi connectivity index (χ2n) is 5.40. The first-order chi connectivity index (χ1) is 10.3. The molecule has 2 heterocycles. The number of benzene rings is 2. The van der Waals surface area contributed by atoms with Gasteiger partial charge in [-0.25, -0.2) is 0 Å². The first-order valence-corrected chi connectivity index (χ1v) is 7.84.